The van der Waals surface area contributed by atoms with E-state index >= 15 is 0 Å². The predicted octanol–water partition coefficient (Wildman–Crippen LogP) is 5.56. The van der Waals surface area contributed by atoms with Gasteiger partial charge in [0.15, 0.2) is 5.43 Å². The molecule has 5 rings (SSSR count). The molecule has 0 bridgehead atoms. The Bertz CT molecular complexity index is 1330. The monoisotopic (exact) mass is 310 g/mol. The lowest BCUT2D eigenvalue weighted by atomic mass is 9.93. The quantitative estimate of drug-likeness (QED) is 0.350. The van der Waals surface area contributed by atoms with Crippen LogP contribution in [0, 0.1) is 6.92 Å². The van der Waals surface area contributed by atoms with E-state index in [0.717, 1.165) is 37.9 Å². The Hall–Kier alpha value is -3.13. The number of hydrogen-bond acceptors (Lipinski definition) is 2. The van der Waals surface area contributed by atoms with Crippen LogP contribution in [0.3, 0.4) is 0 Å². The molecular formula is C22H14O2. The zero-order chi connectivity index (χ0) is 16.3. The maximum Gasteiger partial charge on any atom is 0.179 e. The van der Waals surface area contributed by atoms with Gasteiger partial charge in [0.05, 0.1) is 6.26 Å². The average Bonchev–Trinajstić information content (AvgIpc) is 2.61. The molecule has 0 spiro atoms. The van der Waals surface area contributed by atoms with Crippen LogP contribution in [-0.2, 0) is 0 Å². The molecule has 0 unspecified atom stereocenters. The molecule has 0 amide bonds. The summed E-state index contributed by atoms with van der Waals surface area (Å²) in [5.41, 5.74) is 2.04. The first-order chi connectivity index (χ1) is 11.7. The Morgan fingerprint density at radius 2 is 1.58 bits per heavy atom. The van der Waals surface area contributed by atoms with Crippen LogP contribution in [-0.4, -0.2) is 0 Å². The molecule has 2 nitrogen and oxygen atoms in total. The predicted molar refractivity (Wildman–Crippen MR) is 99.7 cm³/mol. The van der Waals surface area contributed by atoms with Gasteiger partial charge in [-0.25, -0.2) is 0 Å². The summed E-state index contributed by atoms with van der Waals surface area (Å²) in [4.78, 5) is 11.9. The highest BCUT2D eigenvalue weighted by Crippen LogP contribution is 2.39. The molecule has 0 aliphatic carbocycles. The van der Waals surface area contributed by atoms with E-state index in [0.29, 0.717) is 0 Å². The second-order valence-electron chi connectivity index (χ2n) is 6.23. The Balaban J connectivity index is 2.26. The van der Waals surface area contributed by atoms with Crippen molar-refractivity contribution in [2.45, 2.75) is 6.92 Å². The first-order valence-electron chi connectivity index (χ1n) is 7.99. The summed E-state index contributed by atoms with van der Waals surface area (Å²) < 4.78 is 6.04. The van der Waals surface area contributed by atoms with Gasteiger partial charge >= 0.3 is 0 Å². The van der Waals surface area contributed by atoms with E-state index in [1.165, 1.54) is 10.9 Å². The van der Waals surface area contributed by atoms with Crippen LogP contribution in [0.15, 0.2) is 76.1 Å². The maximum atomic E-state index is 11.9. The van der Waals surface area contributed by atoms with E-state index in [1.54, 1.807) is 18.4 Å². The van der Waals surface area contributed by atoms with Crippen LogP contribution in [0.2, 0.25) is 0 Å². The smallest absolute Gasteiger partial charge is 0.179 e. The van der Waals surface area contributed by atoms with Crippen molar-refractivity contribution in [1.29, 1.82) is 0 Å². The van der Waals surface area contributed by atoms with Gasteiger partial charge < -0.3 is 4.42 Å². The van der Waals surface area contributed by atoms with Crippen LogP contribution in [0.4, 0.5) is 0 Å². The van der Waals surface area contributed by atoms with Gasteiger partial charge in [-0.3, -0.25) is 4.79 Å². The van der Waals surface area contributed by atoms with Crippen LogP contribution >= 0.6 is 0 Å². The molecule has 0 fully saturated rings. The van der Waals surface area contributed by atoms with Crippen molar-refractivity contribution in [3.05, 3.63) is 82.7 Å². The third-order valence-corrected chi connectivity index (χ3v) is 4.81. The Morgan fingerprint density at radius 1 is 0.750 bits per heavy atom. The van der Waals surface area contributed by atoms with Gasteiger partial charge in [0.1, 0.15) is 5.58 Å². The molecule has 1 aromatic heterocycles. The number of benzene rings is 4. The lowest BCUT2D eigenvalue weighted by molar-refractivity contribution is 0.614. The van der Waals surface area contributed by atoms with Gasteiger partial charge in [0, 0.05) is 16.2 Å². The topological polar surface area (TPSA) is 30.2 Å². The first-order valence-corrected chi connectivity index (χ1v) is 7.99. The summed E-state index contributed by atoms with van der Waals surface area (Å²) in [6.45, 7) is 2.11. The summed E-state index contributed by atoms with van der Waals surface area (Å²) in [6, 6.07) is 19.7. The molecule has 1 heterocycles. The molecule has 0 saturated carbocycles. The third-order valence-electron chi connectivity index (χ3n) is 4.81. The fourth-order valence-corrected chi connectivity index (χ4v) is 3.75. The van der Waals surface area contributed by atoms with Crippen molar-refractivity contribution in [1.82, 2.24) is 0 Å². The molecule has 0 radical (unpaired) electrons. The maximum absolute atomic E-state index is 11.9. The van der Waals surface area contributed by atoms with Crippen molar-refractivity contribution in [2.24, 2.45) is 0 Å². The molecule has 0 aliphatic rings. The minimum absolute atomic E-state index is 0.0189. The molecule has 4 aromatic carbocycles. The minimum atomic E-state index is 0.0189. The van der Waals surface area contributed by atoms with E-state index in [9.17, 15) is 4.79 Å². The number of rotatable bonds is 0. The van der Waals surface area contributed by atoms with Crippen LogP contribution < -0.4 is 5.43 Å². The van der Waals surface area contributed by atoms with Gasteiger partial charge in [-0.05, 0) is 52.2 Å². The highest BCUT2D eigenvalue weighted by Gasteiger charge is 2.14. The van der Waals surface area contributed by atoms with Crippen LogP contribution in [0.25, 0.3) is 43.3 Å². The number of aryl methyl sites for hydroxylation is 1. The second kappa shape index (κ2) is 4.68. The molecular weight excluding hydrogens is 296 g/mol. The molecule has 114 valence electrons. The largest absolute Gasteiger partial charge is 0.463 e. The van der Waals surface area contributed by atoms with E-state index < -0.39 is 0 Å². The standard InChI is InChI=1S/C22H14O2/c1-13-5-4-8-17-19-11-15(23)9-10-18(19)22-21(20(13)17)16-7-3-2-6-14(16)12-24-22/h2-12H,1H3. The van der Waals surface area contributed by atoms with Gasteiger partial charge in [-0.15, -0.1) is 0 Å². The van der Waals surface area contributed by atoms with Crippen molar-refractivity contribution in [3.63, 3.8) is 0 Å². The zero-order valence-electron chi connectivity index (χ0n) is 13.2. The first kappa shape index (κ1) is 13.3. The normalized spacial score (nSPS) is 11.7. The molecule has 24 heavy (non-hydrogen) atoms. The van der Waals surface area contributed by atoms with Crippen LogP contribution in [0.1, 0.15) is 5.56 Å². The zero-order valence-corrected chi connectivity index (χ0v) is 13.2. The Labute approximate surface area is 137 Å². The molecule has 0 aliphatic heterocycles. The highest BCUT2D eigenvalue weighted by atomic mass is 16.3. The van der Waals surface area contributed by atoms with Crippen molar-refractivity contribution in [2.75, 3.05) is 0 Å². The molecule has 0 saturated heterocycles. The SMILES string of the molecule is Cc1cccc2c3cc(=O)ccc3c3occ4ccccc4c3c12. The molecule has 2 heteroatoms. The average molecular weight is 310 g/mol. The fraction of sp³-hybridized carbons (Fsp3) is 0.0455. The van der Waals surface area contributed by atoms with E-state index in [2.05, 4.69) is 37.3 Å². The van der Waals surface area contributed by atoms with E-state index in [4.69, 9.17) is 4.42 Å². The van der Waals surface area contributed by atoms with Gasteiger partial charge in [0.25, 0.3) is 0 Å². The van der Waals surface area contributed by atoms with Crippen LogP contribution in [0.5, 0.6) is 0 Å². The van der Waals surface area contributed by atoms with E-state index in [-0.39, 0.29) is 5.43 Å². The lowest BCUT2D eigenvalue weighted by Crippen LogP contribution is -1.96. The molecule has 5 aromatic rings. The summed E-state index contributed by atoms with van der Waals surface area (Å²) in [6.07, 6.45) is 1.80. The number of fused-ring (bicyclic) bond motifs is 8. The van der Waals surface area contributed by atoms with E-state index in [1.807, 2.05) is 18.2 Å². The Kier molecular flexibility index (Phi) is 2.60. The fourth-order valence-electron chi connectivity index (χ4n) is 3.75. The van der Waals surface area contributed by atoms with Crippen molar-refractivity contribution >= 4 is 43.3 Å². The molecule has 0 N–H and O–H groups in total. The van der Waals surface area contributed by atoms with Crippen molar-refractivity contribution < 1.29 is 4.42 Å². The van der Waals surface area contributed by atoms with Gasteiger partial charge in [0.2, 0.25) is 0 Å². The lowest BCUT2D eigenvalue weighted by Gasteiger charge is -2.13. The third kappa shape index (κ3) is 1.68. The van der Waals surface area contributed by atoms with Crippen molar-refractivity contribution in [3.8, 4) is 0 Å². The van der Waals surface area contributed by atoms with Gasteiger partial charge in [-0.1, -0.05) is 42.5 Å². The molecule has 0 atom stereocenters. The Morgan fingerprint density at radius 3 is 2.50 bits per heavy atom. The minimum Gasteiger partial charge on any atom is -0.463 e. The second-order valence-corrected chi connectivity index (χ2v) is 6.23. The summed E-state index contributed by atoms with van der Waals surface area (Å²) in [5.74, 6) is 0. The summed E-state index contributed by atoms with van der Waals surface area (Å²) >= 11 is 0. The number of hydrogen-bond donors (Lipinski definition) is 0. The summed E-state index contributed by atoms with van der Waals surface area (Å²) in [5, 5.41) is 7.56. The highest BCUT2D eigenvalue weighted by molar-refractivity contribution is 6.30. The summed E-state index contributed by atoms with van der Waals surface area (Å²) in [7, 11) is 0. The van der Waals surface area contributed by atoms with Gasteiger partial charge in [-0.2, -0.15) is 0 Å².